The van der Waals surface area contributed by atoms with Crippen molar-refractivity contribution in [3.05, 3.63) is 78.0 Å². The van der Waals surface area contributed by atoms with Gasteiger partial charge >= 0.3 is 0 Å². The van der Waals surface area contributed by atoms with Crippen LogP contribution in [-0.4, -0.2) is 34.1 Å². The van der Waals surface area contributed by atoms with Gasteiger partial charge < -0.3 is 10.5 Å². The summed E-state index contributed by atoms with van der Waals surface area (Å²) in [7, 11) is -3.20. The van der Waals surface area contributed by atoms with Crippen molar-refractivity contribution in [1.82, 2.24) is 20.0 Å². The van der Waals surface area contributed by atoms with E-state index in [0.29, 0.717) is 28.3 Å². The highest BCUT2D eigenvalue weighted by molar-refractivity contribution is 7.91. The minimum atomic E-state index is -3.20. The van der Waals surface area contributed by atoms with Crippen LogP contribution in [0.4, 0.5) is 10.2 Å². The number of ether oxygens (including phenoxy) is 1. The van der Waals surface area contributed by atoms with E-state index < -0.39 is 21.8 Å². The Bertz CT molecular complexity index is 1460. The monoisotopic (exact) mass is 465 g/mol. The zero-order valence-corrected chi connectivity index (χ0v) is 18.5. The van der Waals surface area contributed by atoms with Crippen molar-refractivity contribution < 1.29 is 17.5 Å². The molecule has 2 aromatic carbocycles. The van der Waals surface area contributed by atoms with E-state index in [1.54, 1.807) is 37.4 Å². The third-order valence-electron chi connectivity index (χ3n) is 5.62. The average Bonchev–Trinajstić information content (AvgIpc) is 3.43. The van der Waals surface area contributed by atoms with E-state index >= 15 is 0 Å². The van der Waals surface area contributed by atoms with Gasteiger partial charge in [0.05, 0.1) is 28.7 Å². The number of nitrogens with two attached hydrogens (primary N) is 1. The number of nitrogen functional groups attached to an aromatic ring is 1. The van der Waals surface area contributed by atoms with Gasteiger partial charge in [-0.2, -0.15) is 15.0 Å². The molecule has 3 heterocycles. The molecule has 10 heteroatoms. The highest BCUT2D eigenvalue weighted by atomic mass is 32.2. The van der Waals surface area contributed by atoms with Crippen LogP contribution in [-0.2, 0) is 16.3 Å². The van der Waals surface area contributed by atoms with Gasteiger partial charge in [-0.1, -0.05) is 6.07 Å². The van der Waals surface area contributed by atoms with Gasteiger partial charge in [-0.25, -0.2) is 17.8 Å². The van der Waals surface area contributed by atoms with E-state index in [2.05, 4.69) is 15.2 Å². The molecule has 0 unspecified atom stereocenters. The van der Waals surface area contributed by atoms with E-state index in [-0.39, 0.29) is 11.6 Å². The molecule has 0 saturated carbocycles. The van der Waals surface area contributed by atoms with Gasteiger partial charge in [-0.15, -0.1) is 0 Å². The van der Waals surface area contributed by atoms with Crippen LogP contribution < -0.4 is 10.5 Å². The van der Waals surface area contributed by atoms with Crippen LogP contribution in [0.25, 0.3) is 16.8 Å². The number of nitrogens with zero attached hydrogens (tertiary/aromatic N) is 4. The maximum atomic E-state index is 14.0. The van der Waals surface area contributed by atoms with Crippen LogP contribution in [0.5, 0.6) is 5.75 Å². The summed E-state index contributed by atoms with van der Waals surface area (Å²) in [6.07, 6.45) is 4.57. The lowest BCUT2D eigenvalue weighted by molar-refractivity contribution is 0.226. The molecule has 2 N–H and O–H groups in total. The Morgan fingerprint density at radius 1 is 1.09 bits per heavy atom. The summed E-state index contributed by atoms with van der Waals surface area (Å²) < 4.78 is 44.3. The predicted molar refractivity (Wildman–Crippen MR) is 120 cm³/mol. The number of rotatable bonds is 5. The van der Waals surface area contributed by atoms with Crippen molar-refractivity contribution in [2.24, 2.45) is 0 Å². The van der Waals surface area contributed by atoms with Crippen LogP contribution >= 0.6 is 0 Å². The minimum absolute atomic E-state index is 0.124. The second-order valence-electron chi connectivity index (χ2n) is 7.78. The van der Waals surface area contributed by atoms with Gasteiger partial charge in [0.15, 0.2) is 21.4 Å². The molecule has 33 heavy (non-hydrogen) atoms. The molecule has 0 spiro atoms. The van der Waals surface area contributed by atoms with E-state index in [1.807, 2.05) is 6.07 Å². The Kier molecular flexibility index (Phi) is 5.09. The van der Waals surface area contributed by atoms with Gasteiger partial charge in [0, 0.05) is 17.3 Å². The normalized spacial score (nSPS) is 15.2. The Labute approximate surface area is 189 Å². The number of anilines is 1. The van der Waals surface area contributed by atoms with Crippen LogP contribution in [0.1, 0.15) is 24.2 Å². The van der Waals surface area contributed by atoms with Crippen molar-refractivity contribution >= 4 is 15.7 Å². The number of hydrogen-bond donors (Lipinski definition) is 1. The number of aromatic nitrogens is 4. The summed E-state index contributed by atoms with van der Waals surface area (Å²) in [6.45, 7) is 1.77. The number of benzene rings is 2. The topological polar surface area (TPSA) is 113 Å². The molecule has 0 amide bonds. The van der Waals surface area contributed by atoms with Crippen LogP contribution in [0.2, 0.25) is 0 Å². The summed E-state index contributed by atoms with van der Waals surface area (Å²) >= 11 is 0. The molecule has 168 valence electrons. The van der Waals surface area contributed by atoms with Gasteiger partial charge in [-0.05, 0) is 60.9 Å². The molecule has 2 aromatic heterocycles. The Balaban J connectivity index is 1.48. The first kappa shape index (κ1) is 21.1. The van der Waals surface area contributed by atoms with Crippen molar-refractivity contribution in [1.29, 1.82) is 0 Å². The van der Waals surface area contributed by atoms with Crippen molar-refractivity contribution in [3.8, 4) is 22.6 Å². The molecule has 0 saturated heterocycles. The molecule has 1 aliphatic rings. The van der Waals surface area contributed by atoms with E-state index in [0.717, 1.165) is 16.7 Å². The summed E-state index contributed by atoms with van der Waals surface area (Å²) in [4.78, 5) is 6.02. The fraction of sp³-hybridized carbons (Fsp3) is 0.174. The molecule has 4 aromatic rings. The molecular weight excluding hydrogens is 445 g/mol. The highest BCUT2D eigenvalue weighted by Gasteiger charge is 2.26. The first-order chi connectivity index (χ1) is 15.8. The molecular formula is C23H20FN5O3S. The maximum absolute atomic E-state index is 14.0. The molecule has 8 nitrogen and oxygen atoms in total. The Morgan fingerprint density at radius 3 is 2.67 bits per heavy atom. The maximum Gasteiger partial charge on any atom is 0.178 e. The number of sulfone groups is 1. The molecule has 0 fully saturated rings. The highest BCUT2D eigenvalue weighted by Crippen LogP contribution is 2.35. The molecule has 1 aliphatic heterocycles. The summed E-state index contributed by atoms with van der Waals surface area (Å²) in [5, 5.41) is 8.25. The van der Waals surface area contributed by atoms with Crippen LogP contribution in [0, 0.1) is 5.82 Å². The van der Waals surface area contributed by atoms with Crippen molar-refractivity contribution in [3.63, 3.8) is 0 Å². The van der Waals surface area contributed by atoms with Crippen LogP contribution in [0.3, 0.4) is 0 Å². The lowest BCUT2D eigenvalue weighted by Crippen LogP contribution is -2.11. The lowest BCUT2D eigenvalue weighted by atomic mass is 10.0. The first-order valence-electron chi connectivity index (χ1n) is 10.3. The quantitative estimate of drug-likeness (QED) is 0.480. The SMILES string of the molecule is C[C@@H](Oc1cc(-c2ccc3c(c2)CCS3(=O)=O)cnc1N)c1cc(F)ccc1-n1nccn1. The van der Waals surface area contributed by atoms with Gasteiger partial charge in [0.1, 0.15) is 11.9 Å². The van der Waals surface area contributed by atoms with Gasteiger partial charge in [0.2, 0.25) is 0 Å². The Hall–Kier alpha value is -3.79. The second kappa shape index (κ2) is 7.96. The number of halogens is 1. The molecule has 5 rings (SSSR count). The van der Waals surface area contributed by atoms with Gasteiger partial charge in [-0.3, -0.25) is 0 Å². The number of pyridine rings is 1. The fourth-order valence-electron chi connectivity index (χ4n) is 3.95. The zero-order chi connectivity index (χ0) is 23.2. The fourth-order valence-corrected chi connectivity index (χ4v) is 5.49. The zero-order valence-electron chi connectivity index (χ0n) is 17.6. The summed E-state index contributed by atoms with van der Waals surface area (Å²) in [6, 6.07) is 11.3. The predicted octanol–water partition coefficient (Wildman–Crippen LogP) is 3.52. The largest absolute Gasteiger partial charge is 0.482 e. The summed E-state index contributed by atoms with van der Waals surface area (Å²) in [5.74, 6) is 0.226. The molecule has 1 atom stereocenters. The number of fused-ring (bicyclic) bond motifs is 1. The molecule has 0 aliphatic carbocycles. The smallest absolute Gasteiger partial charge is 0.178 e. The summed E-state index contributed by atoms with van der Waals surface area (Å²) in [5.41, 5.74) is 9.51. The Morgan fingerprint density at radius 2 is 1.88 bits per heavy atom. The number of hydrogen-bond acceptors (Lipinski definition) is 7. The standard InChI is InChI=1S/C23H20FN5O3S/c1-14(19-12-18(24)3-4-20(19)29-27-7-8-28-29)32-21-11-17(13-26-23(21)25)15-2-5-22-16(10-15)6-9-33(22,30)31/h2-5,7-8,10-14H,6,9H2,1H3,(H2,25,26)/t14-/m1/s1. The van der Waals surface area contributed by atoms with Crippen LogP contribution in [0.15, 0.2) is 66.0 Å². The van der Waals surface area contributed by atoms with Gasteiger partial charge in [0.25, 0.3) is 0 Å². The third-order valence-corrected chi connectivity index (χ3v) is 7.43. The molecule has 0 radical (unpaired) electrons. The molecule has 0 bridgehead atoms. The minimum Gasteiger partial charge on any atom is -0.482 e. The first-order valence-corrected chi connectivity index (χ1v) is 11.9. The third kappa shape index (κ3) is 3.93. The van der Waals surface area contributed by atoms with E-state index in [4.69, 9.17) is 10.5 Å². The van der Waals surface area contributed by atoms with E-state index in [9.17, 15) is 12.8 Å². The van der Waals surface area contributed by atoms with E-state index in [1.165, 1.54) is 29.3 Å². The lowest BCUT2D eigenvalue weighted by Gasteiger charge is -2.19. The number of aryl methyl sites for hydroxylation is 1. The second-order valence-corrected chi connectivity index (χ2v) is 9.86. The van der Waals surface area contributed by atoms with Crippen molar-refractivity contribution in [2.75, 3.05) is 11.5 Å². The average molecular weight is 466 g/mol. The van der Waals surface area contributed by atoms with Crippen molar-refractivity contribution in [2.45, 2.75) is 24.3 Å².